The van der Waals surface area contributed by atoms with Gasteiger partial charge in [0.2, 0.25) is 0 Å². The fourth-order valence-corrected chi connectivity index (χ4v) is 3.75. The van der Waals surface area contributed by atoms with Crippen molar-refractivity contribution in [1.29, 1.82) is 0 Å². The second kappa shape index (κ2) is 9.37. The van der Waals surface area contributed by atoms with Crippen molar-refractivity contribution < 1.29 is 0 Å². The average molecular weight is 396 g/mol. The lowest BCUT2D eigenvalue weighted by molar-refractivity contribution is 0.354. The van der Waals surface area contributed by atoms with E-state index < -0.39 is 0 Å². The van der Waals surface area contributed by atoms with Crippen LogP contribution in [0.5, 0.6) is 0 Å². The Balaban J connectivity index is 2.02. The van der Waals surface area contributed by atoms with Crippen LogP contribution in [0, 0.1) is 12.8 Å². The Labute approximate surface area is 173 Å². The SMILES string of the molecule is Cc1cc2cc(C(NCCCN(C)C)C(C)C)n(Cc3ccccc3)c(=O)n2n1. The van der Waals surface area contributed by atoms with Crippen molar-refractivity contribution in [1.82, 2.24) is 24.4 Å². The van der Waals surface area contributed by atoms with Crippen LogP contribution in [0.15, 0.2) is 47.3 Å². The molecule has 0 aliphatic carbocycles. The number of hydrogen-bond donors (Lipinski definition) is 1. The molecule has 3 rings (SSSR count). The molecule has 2 heterocycles. The van der Waals surface area contributed by atoms with Gasteiger partial charge in [-0.25, -0.2) is 4.79 Å². The van der Waals surface area contributed by atoms with Crippen molar-refractivity contribution in [2.75, 3.05) is 27.2 Å². The van der Waals surface area contributed by atoms with Crippen LogP contribution < -0.4 is 11.0 Å². The van der Waals surface area contributed by atoms with Gasteiger partial charge in [-0.1, -0.05) is 44.2 Å². The summed E-state index contributed by atoms with van der Waals surface area (Å²) >= 11 is 0. The summed E-state index contributed by atoms with van der Waals surface area (Å²) in [5, 5.41) is 8.11. The van der Waals surface area contributed by atoms with E-state index in [0.717, 1.165) is 42.0 Å². The average Bonchev–Trinajstić information content (AvgIpc) is 3.05. The Kier molecular flexibility index (Phi) is 6.87. The highest BCUT2D eigenvalue weighted by atomic mass is 16.2. The lowest BCUT2D eigenvalue weighted by atomic mass is 9.99. The molecule has 0 aliphatic rings. The first-order valence-corrected chi connectivity index (χ1v) is 10.4. The van der Waals surface area contributed by atoms with E-state index in [1.54, 1.807) is 0 Å². The van der Waals surface area contributed by atoms with E-state index in [2.05, 4.69) is 61.5 Å². The van der Waals surface area contributed by atoms with Crippen LogP contribution in [0.25, 0.3) is 5.52 Å². The standard InChI is InChI=1S/C23H33N5O/c1-17(2)22(24-12-9-13-26(4)5)21-15-20-14-18(3)25-28(20)23(29)27(21)16-19-10-7-6-8-11-19/h6-8,10-11,14-15,17,22,24H,9,12-13,16H2,1-5H3. The molecule has 6 nitrogen and oxygen atoms in total. The van der Waals surface area contributed by atoms with Crippen molar-refractivity contribution in [3.8, 4) is 0 Å². The number of nitrogens with one attached hydrogen (secondary N) is 1. The minimum atomic E-state index is -0.0878. The summed E-state index contributed by atoms with van der Waals surface area (Å²) in [5.74, 6) is 0.349. The molecule has 1 unspecified atom stereocenters. The van der Waals surface area contributed by atoms with Gasteiger partial charge < -0.3 is 10.2 Å². The molecule has 0 aliphatic heterocycles. The number of aromatic nitrogens is 3. The number of benzene rings is 1. The monoisotopic (exact) mass is 395 g/mol. The highest BCUT2D eigenvalue weighted by molar-refractivity contribution is 5.48. The topological polar surface area (TPSA) is 54.6 Å². The lowest BCUT2D eigenvalue weighted by Gasteiger charge is -2.26. The van der Waals surface area contributed by atoms with Gasteiger partial charge in [0.1, 0.15) is 0 Å². The highest BCUT2D eigenvalue weighted by Gasteiger charge is 2.22. The van der Waals surface area contributed by atoms with Crippen LogP contribution in [0.3, 0.4) is 0 Å². The number of hydrogen-bond acceptors (Lipinski definition) is 4. The van der Waals surface area contributed by atoms with Crippen molar-refractivity contribution in [2.45, 2.75) is 39.8 Å². The Bertz CT molecular complexity index is 988. The van der Waals surface area contributed by atoms with E-state index in [9.17, 15) is 4.79 Å². The molecule has 0 radical (unpaired) electrons. The third-order valence-corrected chi connectivity index (χ3v) is 5.19. The summed E-state index contributed by atoms with van der Waals surface area (Å²) in [7, 11) is 4.18. The molecule has 29 heavy (non-hydrogen) atoms. The van der Waals surface area contributed by atoms with Crippen LogP contribution in [0.4, 0.5) is 0 Å². The number of nitrogens with zero attached hydrogens (tertiary/aromatic N) is 4. The molecule has 0 spiro atoms. The second-order valence-corrected chi connectivity index (χ2v) is 8.38. The van der Waals surface area contributed by atoms with E-state index in [4.69, 9.17) is 0 Å². The number of fused-ring (bicyclic) bond motifs is 1. The first-order valence-electron chi connectivity index (χ1n) is 10.4. The number of rotatable bonds is 9. The summed E-state index contributed by atoms with van der Waals surface area (Å²) in [4.78, 5) is 15.5. The van der Waals surface area contributed by atoms with E-state index in [1.807, 2.05) is 35.8 Å². The fourth-order valence-electron chi connectivity index (χ4n) is 3.75. The lowest BCUT2D eigenvalue weighted by Crippen LogP contribution is -2.37. The van der Waals surface area contributed by atoms with Crippen molar-refractivity contribution >= 4 is 5.52 Å². The summed E-state index contributed by atoms with van der Waals surface area (Å²) in [6.07, 6.45) is 1.06. The first kappa shape index (κ1) is 21.3. The summed E-state index contributed by atoms with van der Waals surface area (Å²) in [5.41, 5.74) is 3.74. The van der Waals surface area contributed by atoms with Crippen LogP contribution in [-0.4, -0.2) is 46.3 Å². The van der Waals surface area contributed by atoms with Gasteiger partial charge in [0.05, 0.1) is 23.8 Å². The van der Waals surface area contributed by atoms with Crippen molar-refractivity contribution in [3.63, 3.8) is 0 Å². The zero-order valence-electron chi connectivity index (χ0n) is 18.2. The molecule has 0 bridgehead atoms. The normalized spacial score (nSPS) is 12.9. The Morgan fingerprint density at radius 2 is 1.86 bits per heavy atom. The summed E-state index contributed by atoms with van der Waals surface area (Å²) in [6, 6.07) is 14.3. The van der Waals surface area contributed by atoms with E-state index >= 15 is 0 Å². The van der Waals surface area contributed by atoms with Gasteiger partial charge >= 0.3 is 5.69 Å². The van der Waals surface area contributed by atoms with E-state index in [1.165, 1.54) is 4.52 Å². The maximum atomic E-state index is 13.3. The van der Waals surface area contributed by atoms with Crippen molar-refractivity contribution in [3.05, 3.63) is 69.9 Å². The van der Waals surface area contributed by atoms with Gasteiger partial charge in [0.25, 0.3) is 0 Å². The molecule has 156 valence electrons. The predicted molar refractivity (Wildman–Crippen MR) is 118 cm³/mol. The fraction of sp³-hybridized carbons (Fsp3) is 0.478. The molecule has 0 fully saturated rings. The molecule has 2 aromatic heterocycles. The van der Waals surface area contributed by atoms with Gasteiger partial charge in [-0.15, -0.1) is 0 Å². The first-order chi connectivity index (χ1) is 13.9. The van der Waals surface area contributed by atoms with Crippen LogP contribution >= 0.6 is 0 Å². The minimum Gasteiger partial charge on any atom is -0.309 e. The molecule has 1 atom stereocenters. The van der Waals surface area contributed by atoms with Gasteiger partial charge in [-0.05, 0) is 64.1 Å². The largest absolute Gasteiger partial charge is 0.349 e. The Morgan fingerprint density at radius 3 is 2.52 bits per heavy atom. The Hall–Kier alpha value is -2.44. The molecule has 1 aromatic carbocycles. The summed E-state index contributed by atoms with van der Waals surface area (Å²) in [6.45, 7) is 8.80. The predicted octanol–water partition coefficient (Wildman–Crippen LogP) is 3.09. The maximum Gasteiger partial charge on any atom is 0.349 e. The van der Waals surface area contributed by atoms with E-state index in [0.29, 0.717) is 12.5 Å². The summed E-state index contributed by atoms with van der Waals surface area (Å²) < 4.78 is 3.39. The second-order valence-electron chi connectivity index (χ2n) is 8.38. The van der Waals surface area contributed by atoms with Gasteiger partial charge in [-0.3, -0.25) is 4.57 Å². The van der Waals surface area contributed by atoms with Gasteiger partial charge in [-0.2, -0.15) is 9.61 Å². The highest BCUT2D eigenvalue weighted by Crippen LogP contribution is 2.23. The molecule has 0 amide bonds. The van der Waals surface area contributed by atoms with Gasteiger partial charge in [0.15, 0.2) is 0 Å². The Morgan fingerprint density at radius 1 is 1.14 bits per heavy atom. The zero-order chi connectivity index (χ0) is 21.0. The number of aryl methyl sites for hydroxylation is 1. The van der Waals surface area contributed by atoms with Crippen molar-refractivity contribution in [2.24, 2.45) is 5.92 Å². The van der Waals surface area contributed by atoms with Crippen LogP contribution in [-0.2, 0) is 6.54 Å². The zero-order valence-corrected chi connectivity index (χ0v) is 18.2. The molecule has 3 aromatic rings. The van der Waals surface area contributed by atoms with Crippen LogP contribution in [0.1, 0.15) is 43.3 Å². The molecule has 0 saturated carbocycles. The molecular formula is C23H33N5O. The quantitative estimate of drug-likeness (QED) is 0.566. The molecule has 0 saturated heterocycles. The van der Waals surface area contributed by atoms with E-state index in [-0.39, 0.29) is 11.7 Å². The van der Waals surface area contributed by atoms with Gasteiger partial charge in [0, 0.05) is 5.69 Å². The third kappa shape index (κ3) is 5.14. The third-order valence-electron chi connectivity index (χ3n) is 5.19. The maximum absolute atomic E-state index is 13.3. The van der Waals surface area contributed by atoms with Crippen LogP contribution in [0.2, 0.25) is 0 Å². The molecule has 1 N–H and O–H groups in total. The molecular weight excluding hydrogens is 362 g/mol. The minimum absolute atomic E-state index is 0.0878. The smallest absolute Gasteiger partial charge is 0.309 e. The molecule has 6 heteroatoms.